The highest BCUT2D eigenvalue weighted by atomic mass is 32.1. The van der Waals surface area contributed by atoms with Gasteiger partial charge in [0, 0.05) is 5.69 Å². The first-order valence-corrected chi connectivity index (χ1v) is 7.68. The number of fused-ring (bicyclic) bond motifs is 3. The Labute approximate surface area is 129 Å². The fourth-order valence-electron chi connectivity index (χ4n) is 2.41. The summed E-state index contributed by atoms with van der Waals surface area (Å²) in [5.74, 6) is 1.54. The molecule has 0 unspecified atom stereocenters. The second-order valence-electron chi connectivity index (χ2n) is 4.75. The summed E-state index contributed by atoms with van der Waals surface area (Å²) in [6.07, 6.45) is 0. The zero-order chi connectivity index (χ0) is 14.6. The van der Waals surface area contributed by atoms with Crippen molar-refractivity contribution in [2.24, 2.45) is 0 Å². The molecule has 0 saturated carbocycles. The van der Waals surface area contributed by atoms with Crippen molar-refractivity contribution >= 4 is 39.5 Å². The summed E-state index contributed by atoms with van der Waals surface area (Å²) in [6.45, 7) is 3.81. The number of rotatable bonds is 1. The van der Waals surface area contributed by atoms with E-state index in [4.69, 9.17) is 12.2 Å². The third kappa shape index (κ3) is 1.81. The van der Waals surface area contributed by atoms with Crippen molar-refractivity contribution < 1.29 is 0 Å². The Morgan fingerprint density at radius 2 is 1.81 bits per heavy atom. The van der Waals surface area contributed by atoms with Crippen molar-refractivity contribution in [2.45, 2.75) is 13.8 Å². The first-order chi connectivity index (χ1) is 10.1. The van der Waals surface area contributed by atoms with Gasteiger partial charge in [0.15, 0.2) is 15.2 Å². The maximum Gasteiger partial charge on any atom is 0.178 e. The van der Waals surface area contributed by atoms with Crippen molar-refractivity contribution in [1.82, 2.24) is 24.1 Å². The summed E-state index contributed by atoms with van der Waals surface area (Å²) in [7, 11) is 0. The Morgan fingerprint density at radius 1 is 1.05 bits per heavy atom. The van der Waals surface area contributed by atoms with Gasteiger partial charge >= 0.3 is 0 Å². The Hall–Kier alpha value is -2.12. The molecule has 0 aliphatic heterocycles. The van der Waals surface area contributed by atoms with Crippen molar-refractivity contribution in [3.05, 3.63) is 45.9 Å². The molecule has 0 spiro atoms. The van der Waals surface area contributed by atoms with E-state index in [-0.39, 0.29) is 0 Å². The van der Waals surface area contributed by atoms with Crippen LogP contribution in [0.1, 0.15) is 11.6 Å². The molecule has 21 heavy (non-hydrogen) atoms. The molecule has 0 aliphatic carbocycles. The van der Waals surface area contributed by atoms with E-state index in [1.807, 2.05) is 48.7 Å². The van der Waals surface area contributed by atoms with Crippen molar-refractivity contribution in [1.29, 1.82) is 0 Å². The van der Waals surface area contributed by atoms with E-state index in [9.17, 15) is 0 Å². The van der Waals surface area contributed by atoms with Crippen molar-refractivity contribution in [3.8, 4) is 5.69 Å². The highest BCUT2D eigenvalue weighted by Gasteiger charge is 2.16. The van der Waals surface area contributed by atoms with Gasteiger partial charge in [0.1, 0.15) is 16.3 Å². The number of hydrogen-bond donors (Lipinski definition) is 0. The Kier molecular flexibility index (Phi) is 2.66. The minimum atomic E-state index is 0.734. The molecule has 0 atom stereocenters. The summed E-state index contributed by atoms with van der Waals surface area (Å²) in [5, 5.41) is 4.38. The van der Waals surface area contributed by atoms with Gasteiger partial charge in [-0.15, -0.1) is 5.10 Å². The average molecular weight is 313 g/mol. The lowest BCUT2D eigenvalue weighted by molar-refractivity contribution is 0.854. The zero-order valence-electron chi connectivity index (χ0n) is 11.4. The van der Waals surface area contributed by atoms with Crippen LogP contribution in [0.25, 0.3) is 21.7 Å². The number of benzene rings is 1. The number of aromatic nitrogens is 5. The van der Waals surface area contributed by atoms with E-state index in [1.165, 1.54) is 11.3 Å². The number of para-hydroxylation sites is 1. The lowest BCUT2D eigenvalue weighted by Gasteiger charge is -2.04. The van der Waals surface area contributed by atoms with Gasteiger partial charge < -0.3 is 0 Å². The van der Waals surface area contributed by atoms with Gasteiger partial charge in [-0.3, -0.25) is 4.57 Å². The Bertz CT molecular complexity index is 1030. The second kappa shape index (κ2) is 4.44. The minimum absolute atomic E-state index is 0.734. The summed E-state index contributed by atoms with van der Waals surface area (Å²) in [4.78, 5) is 9.19. The third-order valence-corrected chi connectivity index (χ3v) is 4.65. The smallest absolute Gasteiger partial charge is 0.178 e. The lowest BCUT2D eigenvalue weighted by Crippen LogP contribution is -2.01. The van der Waals surface area contributed by atoms with Gasteiger partial charge in [-0.1, -0.05) is 29.5 Å². The van der Waals surface area contributed by atoms with Crippen LogP contribution in [0.5, 0.6) is 0 Å². The molecule has 0 fully saturated rings. The third-order valence-electron chi connectivity index (χ3n) is 3.29. The quantitative estimate of drug-likeness (QED) is 0.505. The molecule has 7 heteroatoms. The molecule has 0 radical (unpaired) electrons. The number of nitrogens with zero attached hydrogens (tertiary/aromatic N) is 5. The highest BCUT2D eigenvalue weighted by molar-refractivity contribution is 7.73. The molecule has 104 valence electrons. The molecule has 0 bridgehead atoms. The molecule has 3 aromatic heterocycles. The molecule has 5 nitrogen and oxygen atoms in total. The Balaban J connectivity index is 2.19. The van der Waals surface area contributed by atoms with Crippen molar-refractivity contribution in [2.75, 3.05) is 0 Å². The van der Waals surface area contributed by atoms with Gasteiger partial charge in [-0.2, -0.15) is 4.52 Å². The predicted octanol–water partition coefficient (Wildman–Crippen LogP) is 3.48. The van der Waals surface area contributed by atoms with E-state index >= 15 is 0 Å². The van der Waals surface area contributed by atoms with Crippen LogP contribution in [-0.2, 0) is 0 Å². The topological polar surface area (TPSA) is 48.0 Å². The van der Waals surface area contributed by atoms with Crippen LogP contribution in [0, 0.1) is 17.8 Å². The maximum atomic E-state index is 5.53. The van der Waals surface area contributed by atoms with E-state index in [1.54, 1.807) is 4.52 Å². The second-order valence-corrected chi connectivity index (χ2v) is 6.39. The van der Waals surface area contributed by atoms with Crippen LogP contribution in [-0.4, -0.2) is 24.1 Å². The SMILES string of the molecule is Cc1nc2c3sc(=S)n(-c4ccccc4)c3nc(C)n2n1. The van der Waals surface area contributed by atoms with Crippen LogP contribution in [0.2, 0.25) is 0 Å². The normalized spacial score (nSPS) is 11.5. The molecule has 1 aromatic carbocycles. The van der Waals surface area contributed by atoms with Gasteiger partial charge in [0.05, 0.1) is 0 Å². The first kappa shape index (κ1) is 12.6. The predicted molar refractivity (Wildman–Crippen MR) is 85.8 cm³/mol. The molecule has 0 amide bonds. The van der Waals surface area contributed by atoms with Crippen molar-refractivity contribution in [3.63, 3.8) is 0 Å². The number of hydrogen-bond acceptors (Lipinski definition) is 5. The van der Waals surface area contributed by atoms with Gasteiger partial charge in [-0.05, 0) is 38.2 Å². The number of aryl methyl sites for hydroxylation is 2. The first-order valence-electron chi connectivity index (χ1n) is 6.46. The molecular formula is C14H11N5S2. The molecule has 0 saturated heterocycles. The highest BCUT2D eigenvalue weighted by Crippen LogP contribution is 2.28. The summed E-state index contributed by atoms with van der Waals surface area (Å²) in [5.41, 5.74) is 2.68. The molecule has 3 heterocycles. The lowest BCUT2D eigenvalue weighted by atomic mass is 10.3. The molecular weight excluding hydrogens is 302 g/mol. The number of thiazole rings is 1. The fraction of sp³-hybridized carbons (Fsp3) is 0.143. The van der Waals surface area contributed by atoms with Gasteiger partial charge in [0.25, 0.3) is 0 Å². The maximum absolute atomic E-state index is 5.53. The van der Waals surface area contributed by atoms with E-state index in [0.29, 0.717) is 0 Å². The molecule has 0 N–H and O–H groups in total. The van der Waals surface area contributed by atoms with Crippen LogP contribution < -0.4 is 0 Å². The van der Waals surface area contributed by atoms with E-state index < -0.39 is 0 Å². The average Bonchev–Trinajstić information content (AvgIpc) is 3.00. The fourth-order valence-corrected chi connectivity index (χ4v) is 3.76. The largest absolute Gasteiger partial charge is 0.276 e. The minimum Gasteiger partial charge on any atom is -0.276 e. The zero-order valence-corrected chi connectivity index (χ0v) is 13.1. The van der Waals surface area contributed by atoms with Crippen LogP contribution >= 0.6 is 23.6 Å². The monoisotopic (exact) mass is 313 g/mol. The van der Waals surface area contributed by atoms with Gasteiger partial charge in [0.2, 0.25) is 0 Å². The van der Waals surface area contributed by atoms with E-state index in [2.05, 4.69) is 15.1 Å². The summed E-state index contributed by atoms with van der Waals surface area (Å²) < 4.78 is 5.50. The van der Waals surface area contributed by atoms with Gasteiger partial charge in [-0.25, -0.2) is 9.97 Å². The summed E-state index contributed by atoms with van der Waals surface area (Å²) in [6, 6.07) is 10.0. The Morgan fingerprint density at radius 3 is 2.57 bits per heavy atom. The summed E-state index contributed by atoms with van der Waals surface area (Å²) >= 11 is 7.05. The van der Waals surface area contributed by atoms with E-state index in [0.717, 1.165) is 37.3 Å². The molecule has 4 rings (SSSR count). The van der Waals surface area contributed by atoms with Crippen LogP contribution in [0.3, 0.4) is 0 Å². The standard InChI is InChI=1S/C14H11N5S2/c1-8-15-13-11-12(16-9(2)19(13)17-8)18(14(20)21-11)10-6-4-3-5-7-10/h3-7H,1-2H3. The molecule has 4 aromatic rings. The van der Waals surface area contributed by atoms with Crippen LogP contribution in [0.4, 0.5) is 0 Å². The van der Waals surface area contributed by atoms with Crippen LogP contribution in [0.15, 0.2) is 30.3 Å². The molecule has 0 aliphatic rings.